The zero-order valence-electron chi connectivity index (χ0n) is 14.3. The molecule has 1 N–H and O–H groups in total. The van der Waals surface area contributed by atoms with Crippen LogP contribution in [0, 0.1) is 6.92 Å². The van der Waals surface area contributed by atoms with Gasteiger partial charge in [-0.25, -0.2) is 0 Å². The van der Waals surface area contributed by atoms with Gasteiger partial charge < -0.3 is 14.3 Å². The largest absolute Gasteiger partial charge is 0.491 e. The van der Waals surface area contributed by atoms with Crippen molar-refractivity contribution >= 4 is 11.3 Å². The highest BCUT2D eigenvalue weighted by Gasteiger charge is 2.15. The summed E-state index contributed by atoms with van der Waals surface area (Å²) >= 11 is 1.72. The summed E-state index contributed by atoms with van der Waals surface area (Å²) in [4.78, 5) is 3.44. The fourth-order valence-electron chi connectivity index (χ4n) is 2.61. The van der Waals surface area contributed by atoms with Gasteiger partial charge in [0.05, 0.1) is 12.8 Å². The third-order valence-corrected chi connectivity index (χ3v) is 4.71. The SMILES string of the molecule is Cc1ccc(OCC(O)CN(Cc2ccco2)Cc2cccs2)cc1. The van der Waals surface area contributed by atoms with E-state index in [1.165, 1.54) is 10.4 Å². The second-order valence-corrected chi connectivity index (χ2v) is 7.14. The normalized spacial score (nSPS) is 12.4. The van der Waals surface area contributed by atoms with Crippen LogP contribution in [0.4, 0.5) is 0 Å². The average Bonchev–Trinajstić information content (AvgIpc) is 3.28. The molecule has 0 spiro atoms. The number of hydrogen-bond acceptors (Lipinski definition) is 5. The predicted octanol–water partition coefficient (Wildman–Crippen LogP) is 4.09. The Labute approximate surface area is 152 Å². The summed E-state index contributed by atoms with van der Waals surface area (Å²) in [7, 11) is 0. The molecule has 2 aromatic heterocycles. The van der Waals surface area contributed by atoms with Gasteiger partial charge in [-0.15, -0.1) is 11.3 Å². The lowest BCUT2D eigenvalue weighted by Gasteiger charge is -2.24. The molecule has 132 valence electrons. The molecular formula is C20H23NO3S. The van der Waals surface area contributed by atoms with Crippen molar-refractivity contribution in [3.63, 3.8) is 0 Å². The van der Waals surface area contributed by atoms with Gasteiger partial charge in [-0.3, -0.25) is 4.90 Å². The number of aliphatic hydroxyl groups excluding tert-OH is 1. The topological polar surface area (TPSA) is 45.8 Å². The van der Waals surface area contributed by atoms with E-state index in [0.717, 1.165) is 18.1 Å². The average molecular weight is 357 g/mol. The highest BCUT2D eigenvalue weighted by atomic mass is 32.1. The smallest absolute Gasteiger partial charge is 0.119 e. The first-order chi connectivity index (χ1) is 12.2. The van der Waals surface area contributed by atoms with Crippen molar-refractivity contribution in [3.8, 4) is 5.75 Å². The zero-order valence-corrected chi connectivity index (χ0v) is 15.1. The van der Waals surface area contributed by atoms with Gasteiger partial charge in [0.25, 0.3) is 0 Å². The molecule has 25 heavy (non-hydrogen) atoms. The highest BCUT2D eigenvalue weighted by molar-refractivity contribution is 7.09. The fourth-order valence-corrected chi connectivity index (χ4v) is 3.35. The molecular weight excluding hydrogens is 334 g/mol. The summed E-state index contributed by atoms with van der Waals surface area (Å²) in [5.41, 5.74) is 1.19. The third-order valence-electron chi connectivity index (χ3n) is 3.85. The van der Waals surface area contributed by atoms with Crippen LogP contribution in [0.5, 0.6) is 5.75 Å². The number of aliphatic hydroxyl groups is 1. The van der Waals surface area contributed by atoms with E-state index in [2.05, 4.69) is 16.3 Å². The predicted molar refractivity (Wildman–Crippen MR) is 99.8 cm³/mol. The Hall–Kier alpha value is -2.08. The third kappa shape index (κ3) is 5.74. The van der Waals surface area contributed by atoms with Crippen molar-refractivity contribution in [2.75, 3.05) is 13.2 Å². The van der Waals surface area contributed by atoms with Crippen LogP contribution in [0.1, 0.15) is 16.2 Å². The maximum absolute atomic E-state index is 10.4. The van der Waals surface area contributed by atoms with E-state index in [1.54, 1.807) is 17.6 Å². The Kier molecular flexibility index (Phi) is 6.28. The van der Waals surface area contributed by atoms with Crippen molar-refractivity contribution in [1.29, 1.82) is 0 Å². The van der Waals surface area contributed by atoms with Crippen LogP contribution in [0.2, 0.25) is 0 Å². The Bertz CT molecular complexity index is 687. The summed E-state index contributed by atoms with van der Waals surface area (Å²) in [5.74, 6) is 1.67. The second-order valence-electron chi connectivity index (χ2n) is 6.11. The van der Waals surface area contributed by atoms with Crippen LogP contribution in [0.3, 0.4) is 0 Å². The Morgan fingerprint density at radius 2 is 1.96 bits per heavy atom. The Morgan fingerprint density at radius 1 is 1.12 bits per heavy atom. The molecule has 0 aliphatic heterocycles. The monoisotopic (exact) mass is 357 g/mol. The van der Waals surface area contributed by atoms with E-state index < -0.39 is 6.10 Å². The van der Waals surface area contributed by atoms with Gasteiger partial charge in [-0.05, 0) is 42.6 Å². The summed E-state index contributed by atoms with van der Waals surface area (Å²) in [5, 5.41) is 12.5. The van der Waals surface area contributed by atoms with E-state index in [9.17, 15) is 5.11 Å². The first-order valence-electron chi connectivity index (χ1n) is 8.33. The summed E-state index contributed by atoms with van der Waals surface area (Å²) < 4.78 is 11.2. The molecule has 0 amide bonds. The minimum Gasteiger partial charge on any atom is -0.491 e. The first-order valence-corrected chi connectivity index (χ1v) is 9.21. The lowest BCUT2D eigenvalue weighted by molar-refractivity contribution is 0.0608. The molecule has 0 saturated heterocycles. The first kappa shape index (κ1) is 17.7. The minimum atomic E-state index is -0.573. The molecule has 3 rings (SSSR count). The van der Waals surface area contributed by atoms with Crippen LogP contribution < -0.4 is 4.74 Å². The standard InChI is InChI=1S/C20H23NO3S/c1-16-6-8-18(9-7-16)24-15-17(22)12-21(13-19-4-2-10-23-19)14-20-5-3-11-25-20/h2-11,17,22H,12-15H2,1H3. The van der Waals surface area contributed by atoms with Gasteiger partial charge in [0.1, 0.15) is 24.2 Å². The van der Waals surface area contributed by atoms with E-state index in [-0.39, 0.29) is 6.61 Å². The molecule has 0 aliphatic carbocycles. The van der Waals surface area contributed by atoms with E-state index >= 15 is 0 Å². The number of nitrogens with zero attached hydrogens (tertiary/aromatic N) is 1. The Morgan fingerprint density at radius 3 is 2.64 bits per heavy atom. The molecule has 0 saturated carbocycles. The summed E-state index contributed by atoms with van der Waals surface area (Å²) in [6, 6.07) is 15.8. The van der Waals surface area contributed by atoms with Gasteiger partial charge in [0, 0.05) is 18.0 Å². The molecule has 4 nitrogen and oxygen atoms in total. The molecule has 2 heterocycles. The van der Waals surface area contributed by atoms with E-state index in [0.29, 0.717) is 13.1 Å². The lowest BCUT2D eigenvalue weighted by atomic mass is 10.2. The van der Waals surface area contributed by atoms with Crippen LogP contribution in [0.25, 0.3) is 0 Å². The van der Waals surface area contributed by atoms with Crippen molar-refractivity contribution < 1.29 is 14.3 Å². The zero-order chi connectivity index (χ0) is 17.5. The van der Waals surface area contributed by atoms with Gasteiger partial charge >= 0.3 is 0 Å². The summed E-state index contributed by atoms with van der Waals surface area (Å²) in [6.07, 6.45) is 1.10. The lowest BCUT2D eigenvalue weighted by Crippen LogP contribution is -2.34. The molecule has 1 aromatic carbocycles. The van der Waals surface area contributed by atoms with Crippen molar-refractivity contribution in [2.24, 2.45) is 0 Å². The number of furan rings is 1. The van der Waals surface area contributed by atoms with E-state index in [1.807, 2.05) is 49.4 Å². The molecule has 0 bridgehead atoms. The van der Waals surface area contributed by atoms with Crippen molar-refractivity contribution in [2.45, 2.75) is 26.1 Å². The van der Waals surface area contributed by atoms with Crippen LogP contribution in [0.15, 0.2) is 64.6 Å². The van der Waals surface area contributed by atoms with Crippen molar-refractivity contribution in [3.05, 3.63) is 76.4 Å². The molecule has 5 heteroatoms. The molecule has 0 aliphatic rings. The van der Waals surface area contributed by atoms with Crippen LogP contribution in [-0.4, -0.2) is 29.3 Å². The molecule has 3 aromatic rings. The highest BCUT2D eigenvalue weighted by Crippen LogP contribution is 2.16. The van der Waals surface area contributed by atoms with Crippen LogP contribution >= 0.6 is 11.3 Å². The molecule has 0 fully saturated rings. The minimum absolute atomic E-state index is 0.266. The van der Waals surface area contributed by atoms with Gasteiger partial charge in [-0.2, -0.15) is 0 Å². The van der Waals surface area contributed by atoms with Gasteiger partial charge in [0.15, 0.2) is 0 Å². The number of rotatable bonds is 9. The summed E-state index contributed by atoms with van der Waals surface area (Å²) in [6.45, 7) is 4.26. The fraction of sp³-hybridized carbons (Fsp3) is 0.300. The molecule has 1 atom stereocenters. The quantitative estimate of drug-likeness (QED) is 0.626. The van der Waals surface area contributed by atoms with E-state index in [4.69, 9.17) is 9.15 Å². The number of aryl methyl sites for hydroxylation is 1. The number of hydrogen-bond donors (Lipinski definition) is 1. The molecule has 1 unspecified atom stereocenters. The van der Waals surface area contributed by atoms with Gasteiger partial charge in [0.2, 0.25) is 0 Å². The second kappa shape index (κ2) is 8.85. The molecule has 0 radical (unpaired) electrons. The maximum Gasteiger partial charge on any atom is 0.119 e. The van der Waals surface area contributed by atoms with Crippen molar-refractivity contribution in [1.82, 2.24) is 4.90 Å². The van der Waals surface area contributed by atoms with Crippen LogP contribution in [-0.2, 0) is 13.1 Å². The number of ether oxygens (including phenoxy) is 1. The number of thiophene rings is 1. The Balaban J connectivity index is 1.55. The maximum atomic E-state index is 10.4. The van der Waals surface area contributed by atoms with Gasteiger partial charge in [-0.1, -0.05) is 23.8 Å². The number of benzene rings is 1.